The van der Waals surface area contributed by atoms with Crippen molar-refractivity contribution in [2.24, 2.45) is 0 Å². The molecular weight excluding hydrogens is 240 g/mol. The summed E-state index contributed by atoms with van der Waals surface area (Å²) in [4.78, 5) is 20.0. The second-order valence-electron chi connectivity index (χ2n) is 1.86. The first-order valence-electron chi connectivity index (χ1n) is 3.93. The van der Waals surface area contributed by atoms with Crippen LogP contribution >= 0.6 is 15.9 Å². The molecule has 0 atom stereocenters. The minimum Gasteiger partial charge on any atom is -0.466 e. The molecule has 0 unspecified atom stereocenters. The molecule has 4 nitrogen and oxygen atoms in total. The van der Waals surface area contributed by atoms with Crippen LogP contribution in [0.4, 0.5) is 0 Å². The van der Waals surface area contributed by atoms with E-state index in [9.17, 15) is 9.59 Å². The van der Waals surface area contributed by atoms with E-state index in [1.165, 1.54) is 6.92 Å². The molecular formula is C8H15BrO4. The van der Waals surface area contributed by atoms with Gasteiger partial charge in [0, 0.05) is 6.92 Å². The highest BCUT2D eigenvalue weighted by Crippen LogP contribution is 1.82. The van der Waals surface area contributed by atoms with Crippen molar-refractivity contribution in [2.45, 2.75) is 20.8 Å². The van der Waals surface area contributed by atoms with E-state index in [1.54, 1.807) is 13.8 Å². The lowest BCUT2D eigenvalue weighted by Gasteiger charge is -1.92. The maximum Gasteiger partial charge on any atom is 0.316 e. The van der Waals surface area contributed by atoms with Crippen LogP contribution in [-0.2, 0) is 19.1 Å². The van der Waals surface area contributed by atoms with Crippen LogP contribution in [0.2, 0.25) is 0 Å². The number of hydrogen-bond donors (Lipinski definition) is 0. The predicted molar refractivity (Wildman–Crippen MR) is 52.7 cm³/mol. The van der Waals surface area contributed by atoms with Crippen LogP contribution in [-0.4, -0.2) is 30.5 Å². The third-order valence-corrected chi connectivity index (χ3v) is 1.22. The Balaban J connectivity index is 0. The number of rotatable bonds is 3. The third kappa shape index (κ3) is 18.4. The number of carbonyl (C=O) groups excluding carboxylic acids is 2. The van der Waals surface area contributed by atoms with Gasteiger partial charge in [-0.3, -0.25) is 9.59 Å². The molecule has 0 aliphatic carbocycles. The molecule has 0 aromatic carbocycles. The van der Waals surface area contributed by atoms with Crippen molar-refractivity contribution in [3.8, 4) is 0 Å². The molecule has 0 rings (SSSR count). The molecule has 0 spiro atoms. The largest absolute Gasteiger partial charge is 0.466 e. The second-order valence-corrected chi connectivity index (χ2v) is 2.42. The third-order valence-electron chi connectivity index (χ3n) is 0.762. The Bertz CT molecular complexity index is 147. The molecule has 0 fully saturated rings. The van der Waals surface area contributed by atoms with Crippen LogP contribution in [0.1, 0.15) is 20.8 Å². The first kappa shape index (κ1) is 14.9. The molecule has 0 N–H and O–H groups in total. The van der Waals surface area contributed by atoms with Gasteiger partial charge in [-0.2, -0.15) is 0 Å². The van der Waals surface area contributed by atoms with E-state index in [0.29, 0.717) is 18.5 Å². The molecule has 0 saturated carbocycles. The average molecular weight is 255 g/mol. The Morgan fingerprint density at radius 2 is 1.62 bits per heavy atom. The molecule has 0 aliphatic rings. The summed E-state index contributed by atoms with van der Waals surface area (Å²) in [6.45, 7) is 5.89. The number of esters is 2. The molecule has 13 heavy (non-hydrogen) atoms. The lowest BCUT2D eigenvalue weighted by atomic mass is 10.8. The molecule has 78 valence electrons. The Labute approximate surface area is 86.7 Å². The highest BCUT2D eigenvalue weighted by atomic mass is 79.9. The fraction of sp³-hybridized carbons (Fsp3) is 0.750. The maximum atomic E-state index is 10.1. The van der Waals surface area contributed by atoms with Gasteiger partial charge in [-0.05, 0) is 13.8 Å². The van der Waals surface area contributed by atoms with E-state index >= 15 is 0 Å². The number of hydrogen-bond acceptors (Lipinski definition) is 4. The predicted octanol–water partition coefficient (Wildman–Crippen LogP) is 1.51. The SMILES string of the molecule is CCOC(=O)CBr.CCOC(C)=O. The number of alkyl halides is 1. The number of ether oxygens (including phenoxy) is 2. The minimum absolute atomic E-state index is 0.206. The van der Waals surface area contributed by atoms with Crippen LogP contribution in [0, 0.1) is 0 Å². The Kier molecular flexibility index (Phi) is 13.1. The zero-order valence-corrected chi connectivity index (χ0v) is 9.72. The molecule has 0 radical (unpaired) electrons. The first-order valence-corrected chi connectivity index (χ1v) is 5.05. The van der Waals surface area contributed by atoms with Crippen molar-refractivity contribution in [1.29, 1.82) is 0 Å². The van der Waals surface area contributed by atoms with Crippen molar-refractivity contribution in [3.63, 3.8) is 0 Å². The van der Waals surface area contributed by atoms with Gasteiger partial charge in [0.1, 0.15) is 5.33 Å². The minimum atomic E-state index is -0.211. The van der Waals surface area contributed by atoms with E-state index in [0.717, 1.165) is 0 Å². The fourth-order valence-corrected chi connectivity index (χ4v) is 0.565. The Morgan fingerprint density at radius 3 is 1.69 bits per heavy atom. The molecule has 5 heteroatoms. The first-order chi connectivity index (χ1) is 6.08. The van der Waals surface area contributed by atoms with Crippen molar-refractivity contribution < 1.29 is 19.1 Å². The number of carbonyl (C=O) groups is 2. The molecule has 0 saturated heterocycles. The molecule has 0 heterocycles. The lowest BCUT2D eigenvalue weighted by Crippen LogP contribution is -2.03. The van der Waals surface area contributed by atoms with E-state index < -0.39 is 0 Å². The van der Waals surface area contributed by atoms with E-state index in [4.69, 9.17) is 0 Å². The van der Waals surface area contributed by atoms with Crippen molar-refractivity contribution >= 4 is 27.9 Å². The number of halogens is 1. The van der Waals surface area contributed by atoms with Gasteiger partial charge in [-0.1, -0.05) is 15.9 Å². The highest BCUT2D eigenvalue weighted by molar-refractivity contribution is 9.09. The van der Waals surface area contributed by atoms with E-state index in [-0.39, 0.29) is 11.9 Å². The Hall–Kier alpha value is -0.580. The molecule has 0 amide bonds. The monoisotopic (exact) mass is 254 g/mol. The molecule has 0 aliphatic heterocycles. The van der Waals surface area contributed by atoms with Crippen LogP contribution in [0.25, 0.3) is 0 Å². The van der Waals surface area contributed by atoms with Crippen LogP contribution < -0.4 is 0 Å². The summed E-state index contributed by atoms with van der Waals surface area (Å²) in [7, 11) is 0. The maximum absolute atomic E-state index is 10.1. The summed E-state index contributed by atoms with van der Waals surface area (Å²) >= 11 is 2.94. The van der Waals surface area contributed by atoms with Crippen molar-refractivity contribution in [3.05, 3.63) is 0 Å². The van der Waals surface area contributed by atoms with Crippen molar-refractivity contribution in [2.75, 3.05) is 18.5 Å². The zero-order valence-electron chi connectivity index (χ0n) is 8.13. The zero-order chi connectivity index (χ0) is 10.7. The normalized spacial score (nSPS) is 8.00. The fourth-order valence-electron chi connectivity index (χ4n) is 0.403. The summed E-state index contributed by atoms with van der Waals surface area (Å²) in [6, 6.07) is 0. The summed E-state index contributed by atoms with van der Waals surface area (Å²) in [5.74, 6) is -0.417. The molecule has 0 bridgehead atoms. The molecule has 0 aromatic heterocycles. The Morgan fingerprint density at radius 1 is 1.15 bits per heavy atom. The van der Waals surface area contributed by atoms with Crippen molar-refractivity contribution in [1.82, 2.24) is 0 Å². The van der Waals surface area contributed by atoms with E-state index in [2.05, 4.69) is 25.4 Å². The van der Waals surface area contributed by atoms with Gasteiger partial charge in [-0.15, -0.1) is 0 Å². The lowest BCUT2D eigenvalue weighted by molar-refractivity contribution is -0.141. The van der Waals surface area contributed by atoms with Gasteiger partial charge in [0.15, 0.2) is 0 Å². The van der Waals surface area contributed by atoms with Gasteiger partial charge < -0.3 is 9.47 Å². The standard InChI is InChI=1S/C4H7BrO2.C4H8O2/c1-2-7-4(6)3-5;1-3-6-4(2)5/h2-3H2,1H3;3H2,1-2H3. The summed E-state index contributed by atoms with van der Waals surface area (Å²) < 4.78 is 8.91. The topological polar surface area (TPSA) is 52.6 Å². The quantitative estimate of drug-likeness (QED) is 0.566. The smallest absolute Gasteiger partial charge is 0.316 e. The van der Waals surface area contributed by atoms with E-state index in [1.807, 2.05) is 0 Å². The van der Waals surface area contributed by atoms with Crippen LogP contribution in [0.15, 0.2) is 0 Å². The second kappa shape index (κ2) is 11.4. The van der Waals surface area contributed by atoms with Gasteiger partial charge in [-0.25, -0.2) is 0 Å². The van der Waals surface area contributed by atoms with Crippen LogP contribution in [0.3, 0.4) is 0 Å². The van der Waals surface area contributed by atoms with Gasteiger partial charge in [0.2, 0.25) is 0 Å². The summed E-state index contributed by atoms with van der Waals surface area (Å²) in [5, 5.41) is 0.292. The average Bonchev–Trinajstić information content (AvgIpc) is 2.05. The van der Waals surface area contributed by atoms with Gasteiger partial charge in [0.25, 0.3) is 0 Å². The summed E-state index contributed by atoms with van der Waals surface area (Å²) in [5.41, 5.74) is 0. The van der Waals surface area contributed by atoms with Gasteiger partial charge in [0.05, 0.1) is 13.2 Å². The highest BCUT2D eigenvalue weighted by Gasteiger charge is 1.92. The summed E-state index contributed by atoms with van der Waals surface area (Å²) in [6.07, 6.45) is 0. The molecule has 0 aromatic rings. The van der Waals surface area contributed by atoms with Crippen LogP contribution in [0.5, 0.6) is 0 Å². The van der Waals surface area contributed by atoms with Gasteiger partial charge >= 0.3 is 11.9 Å².